The van der Waals surface area contributed by atoms with Gasteiger partial charge in [0.25, 0.3) is 0 Å². The lowest BCUT2D eigenvalue weighted by atomic mass is 9.80. The zero-order valence-corrected chi connectivity index (χ0v) is 13.2. The Labute approximate surface area is 119 Å². The smallest absolute Gasteiger partial charge is 0.0178 e. The topological polar surface area (TPSA) is 0 Å². The van der Waals surface area contributed by atoms with Gasteiger partial charge in [-0.3, -0.25) is 0 Å². The molecule has 0 heterocycles. The third-order valence-corrected chi connectivity index (χ3v) is 5.01. The first-order valence-corrected chi connectivity index (χ1v) is 7.49. The van der Waals surface area contributed by atoms with Gasteiger partial charge >= 0.3 is 0 Å². The van der Waals surface area contributed by atoms with Crippen LogP contribution in [0.1, 0.15) is 37.8 Å². The normalized spacial score (nSPS) is 21.1. The van der Waals surface area contributed by atoms with Gasteiger partial charge in [0.05, 0.1) is 0 Å². The van der Waals surface area contributed by atoms with Gasteiger partial charge < -0.3 is 0 Å². The van der Waals surface area contributed by atoms with Crippen molar-refractivity contribution >= 4 is 37.4 Å². The Hall–Kier alpha value is -0.340. The first kappa shape index (κ1) is 11.7. The van der Waals surface area contributed by atoms with Gasteiger partial charge in [-0.1, -0.05) is 51.8 Å². The van der Waals surface area contributed by atoms with Crippen molar-refractivity contribution in [3.05, 3.63) is 49.9 Å². The van der Waals surface area contributed by atoms with Gasteiger partial charge in [0.1, 0.15) is 0 Å². The predicted octanol–water partition coefficient (Wildman–Crippen LogP) is 5.57. The van der Waals surface area contributed by atoms with Crippen LogP contribution in [0.5, 0.6) is 0 Å². The lowest BCUT2D eigenvalue weighted by molar-refractivity contribution is 0.650. The summed E-state index contributed by atoms with van der Waals surface area (Å²) in [5, 5.41) is 0. The van der Waals surface area contributed by atoms with Crippen LogP contribution in [0.25, 0.3) is 5.57 Å². The van der Waals surface area contributed by atoms with E-state index in [9.17, 15) is 0 Å². The molecule has 0 aliphatic heterocycles. The number of halogens is 2. The van der Waals surface area contributed by atoms with Gasteiger partial charge in [0.15, 0.2) is 0 Å². The average molecular weight is 354 g/mol. The number of hydrogen-bond acceptors (Lipinski definition) is 0. The maximum absolute atomic E-state index is 3.65. The van der Waals surface area contributed by atoms with Crippen LogP contribution in [0.15, 0.2) is 38.8 Å². The van der Waals surface area contributed by atoms with Gasteiger partial charge in [-0.25, -0.2) is 0 Å². The van der Waals surface area contributed by atoms with E-state index in [4.69, 9.17) is 0 Å². The van der Waals surface area contributed by atoms with Crippen molar-refractivity contribution in [3.8, 4) is 0 Å². The van der Waals surface area contributed by atoms with Crippen LogP contribution in [-0.4, -0.2) is 0 Å². The number of benzene rings is 1. The molecule has 0 unspecified atom stereocenters. The molecule has 0 N–H and O–H groups in total. The van der Waals surface area contributed by atoms with E-state index in [1.54, 1.807) is 5.57 Å². The molecule has 0 fully saturated rings. The molecule has 0 atom stereocenters. The quantitative estimate of drug-likeness (QED) is 0.572. The molecular formula is C15H14Br2. The first-order valence-electron chi connectivity index (χ1n) is 5.90. The molecule has 2 heteroatoms. The van der Waals surface area contributed by atoms with Crippen LogP contribution >= 0.6 is 31.9 Å². The fraction of sp³-hybridized carbons (Fsp3) is 0.333. The Bertz CT molecular complexity index is 562. The maximum Gasteiger partial charge on any atom is 0.0178 e. The molecule has 3 rings (SSSR count). The van der Waals surface area contributed by atoms with E-state index in [-0.39, 0.29) is 5.41 Å². The summed E-state index contributed by atoms with van der Waals surface area (Å²) in [5.74, 6) is 0. The number of fused-ring (bicyclic) bond motifs is 2. The van der Waals surface area contributed by atoms with E-state index in [1.165, 1.54) is 25.7 Å². The van der Waals surface area contributed by atoms with Crippen LogP contribution in [0, 0.1) is 0 Å². The van der Waals surface area contributed by atoms with Crippen molar-refractivity contribution in [2.45, 2.75) is 32.1 Å². The summed E-state index contributed by atoms with van der Waals surface area (Å²) in [5.41, 5.74) is 6.07. The highest BCUT2D eigenvalue weighted by atomic mass is 79.9. The summed E-state index contributed by atoms with van der Waals surface area (Å²) in [4.78, 5) is 0. The third kappa shape index (κ3) is 1.68. The van der Waals surface area contributed by atoms with Gasteiger partial charge in [0, 0.05) is 9.89 Å². The minimum atomic E-state index is 0.133. The van der Waals surface area contributed by atoms with Crippen LogP contribution in [0.2, 0.25) is 0 Å². The Morgan fingerprint density at radius 2 is 1.88 bits per heavy atom. The third-order valence-electron chi connectivity index (χ3n) is 3.89. The Kier molecular flexibility index (Phi) is 2.64. The summed E-state index contributed by atoms with van der Waals surface area (Å²) < 4.78 is 2.50. The number of hydrogen-bond donors (Lipinski definition) is 0. The van der Waals surface area contributed by atoms with Crippen molar-refractivity contribution in [1.82, 2.24) is 0 Å². The standard InChI is InChI=1S/C15H14Br2/c1-15(2)13-7-9(16)3-5-11(13)12-6-4-10(17)8-14(12)15/h3,5,7-8H,4,6H2,1-2H3. The second-order valence-electron chi connectivity index (χ2n) is 5.30. The maximum atomic E-state index is 3.65. The Morgan fingerprint density at radius 1 is 1.12 bits per heavy atom. The molecule has 17 heavy (non-hydrogen) atoms. The fourth-order valence-corrected chi connectivity index (χ4v) is 3.76. The Morgan fingerprint density at radius 3 is 2.65 bits per heavy atom. The molecule has 0 saturated carbocycles. The summed E-state index contributed by atoms with van der Waals surface area (Å²) in [6.07, 6.45) is 4.61. The highest BCUT2D eigenvalue weighted by Gasteiger charge is 2.37. The fourth-order valence-electron chi connectivity index (χ4n) is 2.97. The van der Waals surface area contributed by atoms with E-state index >= 15 is 0 Å². The average Bonchev–Trinajstić information content (AvgIpc) is 2.49. The zero-order valence-electron chi connectivity index (χ0n) is 9.98. The molecule has 0 bridgehead atoms. The van der Waals surface area contributed by atoms with Gasteiger partial charge in [-0.15, -0.1) is 0 Å². The van der Waals surface area contributed by atoms with Gasteiger partial charge in [-0.05, 0) is 57.8 Å². The van der Waals surface area contributed by atoms with Crippen LogP contribution in [0.4, 0.5) is 0 Å². The van der Waals surface area contributed by atoms with Crippen LogP contribution in [0.3, 0.4) is 0 Å². The van der Waals surface area contributed by atoms with Crippen molar-refractivity contribution in [1.29, 1.82) is 0 Å². The van der Waals surface area contributed by atoms with Crippen molar-refractivity contribution < 1.29 is 0 Å². The molecule has 0 radical (unpaired) electrons. The second-order valence-corrected chi connectivity index (χ2v) is 7.23. The van der Waals surface area contributed by atoms with E-state index in [0.717, 1.165) is 12.8 Å². The largest absolute Gasteiger partial charge is 0.0556 e. The first-order chi connectivity index (χ1) is 8.00. The SMILES string of the molecule is CC1(C)C2=C(CCC(Br)=C2)c2ccc(Br)cc21. The molecule has 0 spiro atoms. The molecule has 0 aromatic heterocycles. The molecule has 0 saturated heterocycles. The minimum absolute atomic E-state index is 0.133. The second kappa shape index (κ2) is 3.83. The summed E-state index contributed by atoms with van der Waals surface area (Å²) in [7, 11) is 0. The molecule has 0 amide bonds. The van der Waals surface area contributed by atoms with Gasteiger partial charge in [-0.2, -0.15) is 0 Å². The summed E-state index contributed by atoms with van der Waals surface area (Å²) >= 11 is 7.24. The van der Waals surface area contributed by atoms with Crippen LogP contribution < -0.4 is 0 Å². The Balaban J connectivity index is 2.26. The summed E-state index contributed by atoms with van der Waals surface area (Å²) in [6.45, 7) is 4.64. The highest BCUT2D eigenvalue weighted by Crippen LogP contribution is 2.51. The van der Waals surface area contributed by atoms with E-state index in [1.807, 2.05) is 0 Å². The molecular weight excluding hydrogens is 340 g/mol. The van der Waals surface area contributed by atoms with Crippen molar-refractivity contribution in [2.75, 3.05) is 0 Å². The van der Waals surface area contributed by atoms with E-state index in [2.05, 4.69) is 70.0 Å². The molecule has 1 aromatic rings. The van der Waals surface area contributed by atoms with Crippen molar-refractivity contribution in [3.63, 3.8) is 0 Å². The number of allylic oxidation sites excluding steroid dienone is 4. The minimum Gasteiger partial charge on any atom is -0.0556 e. The molecule has 0 nitrogen and oxygen atoms in total. The monoisotopic (exact) mass is 352 g/mol. The highest BCUT2D eigenvalue weighted by molar-refractivity contribution is 9.11. The number of rotatable bonds is 0. The molecule has 2 aliphatic carbocycles. The zero-order chi connectivity index (χ0) is 12.2. The molecule has 1 aromatic carbocycles. The lowest BCUT2D eigenvalue weighted by Gasteiger charge is -2.24. The molecule has 88 valence electrons. The van der Waals surface area contributed by atoms with E-state index in [0.29, 0.717) is 0 Å². The predicted molar refractivity (Wildman–Crippen MR) is 80.3 cm³/mol. The van der Waals surface area contributed by atoms with E-state index < -0.39 is 0 Å². The molecule has 2 aliphatic rings. The van der Waals surface area contributed by atoms with Crippen molar-refractivity contribution in [2.24, 2.45) is 0 Å². The van der Waals surface area contributed by atoms with Gasteiger partial charge in [0.2, 0.25) is 0 Å². The summed E-state index contributed by atoms with van der Waals surface area (Å²) in [6, 6.07) is 6.68. The van der Waals surface area contributed by atoms with Crippen LogP contribution in [-0.2, 0) is 5.41 Å². The lowest BCUT2D eigenvalue weighted by Crippen LogP contribution is -2.16.